The molecule has 2 amide bonds. The van der Waals surface area contributed by atoms with Crippen molar-refractivity contribution in [1.82, 2.24) is 10.2 Å². The fourth-order valence-corrected chi connectivity index (χ4v) is 4.48. The summed E-state index contributed by atoms with van der Waals surface area (Å²) in [5, 5.41) is 14.0. The summed E-state index contributed by atoms with van der Waals surface area (Å²) in [4.78, 5) is 14.4. The van der Waals surface area contributed by atoms with Crippen LogP contribution in [0.3, 0.4) is 0 Å². The fraction of sp³-hybridized carbons (Fsp3) is 0.650. The first-order valence-corrected chi connectivity index (χ1v) is 9.64. The minimum absolute atomic E-state index is 0.0200. The van der Waals surface area contributed by atoms with E-state index in [1.54, 1.807) is 0 Å². The van der Waals surface area contributed by atoms with Crippen LogP contribution >= 0.6 is 0 Å². The lowest BCUT2D eigenvalue weighted by Gasteiger charge is -2.44. The predicted molar refractivity (Wildman–Crippen MR) is 95.8 cm³/mol. The molecule has 1 aromatic rings. The number of aliphatic hydroxyl groups is 1. The number of hydrogen-bond acceptors (Lipinski definition) is 2. The maximum absolute atomic E-state index is 14.0. The highest BCUT2D eigenvalue weighted by molar-refractivity contribution is 5.75. The maximum atomic E-state index is 14.0. The summed E-state index contributed by atoms with van der Waals surface area (Å²) in [6.07, 6.45) is 5.92. The molecule has 4 nitrogen and oxygen atoms in total. The molecular formula is C20H28F2N2O2. The first kappa shape index (κ1) is 19.1. The zero-order valence-electron chi connectivity index (χ0n) is 15.3. The zero-order valence-corrected chi connectivity index (χ0v) is 15.3. The van der Waals surface area contributed by atoms with Gasteiger partial charge >= 0.3 is 6.03 Å². The average molecular weight is 366 g/mol. The van der Waals surface area contributed by atoms with E-state index in [2.05, 4.69) is 12.2 Å². The van der Waals surface area contributed by atoms with E-state index in [0.717, 1.165) is 38.2 Å². The molecule has 0 unspecified atom stereocenters. The summed E-state index contributed by atoms with van der Waals surface area (Å²) in [5.41, 5.74) is -0.727. The smallest absolute Gasteiger partial charge is 0.317 e. The molecule has 2 saturated heterocycles. The third-order valence-electron chi connectivity index (χ3n) is 5.68. The molecule has 0 aliphatic carbocycles. The monoisotopic (exact) mass is 366 g/mol. The van der Waals surface area contributed by atoms with Crippen molar-refractivity contribution in [2.45, 2.75) is 76.0 Å². The topological polar surface area (TPSA) is 52.6 Å². The molecule has 2 aliphatic heterocycles. The van der Waals surface area contributed by atoms with Gasteiger partial charge in [-0.25, -0.2) is 13.6 Å². The van der Waals surface area contributed by atoms with Gasteiger partial charge in [-0.2, -0.15) is 0 Å². The zero-order chi connectivity index (χ0) is 18.7. The quantitative estimate of drug-likeness (QED) is 0.753. The molecule has 6 heteroatoms. The Morgan fingerprint density at radius 2 is 1.96 bits per heavy atom. The molecule has 2 aliphatic rings. The molecule has 2 bridgehead atoms. The van der Waals surface area contributed by atoms with Gasteiger partial charge in [-0.3, -0.25) is 0 Å². The number of carbonyl (C=O) groups is 1. The highest BCUT2D eigenvalue weighted by atomic mass is 19.1. The summed E-state index contributed by atoms with van der Waals surface area (Å²) >= 11 is 0. The second kappa shape index (κ2) is 7.91. The van der Waals surface area contributed by atoms with Gasteiger partial charge in [-0.05, 0) is 43.7 Å². The van der Waals surface area contributed by atoms with Crippen LogP contribution in [-0.4, -0.2) is 40.3 Å². The van der Waals surface area contributed by atoms with Crippen molar-refractivity contribution >= 4 is 6.03 Å². The molecule has 2 atom stereocenters. The Hall–Kier alpha value is -1.69. The molecule has 144 valence electrons. The molecule has 2 heterocycles. The van der Waals surface area contributed by atoms with Gasteiger partial charge < -0.3 is 15.3 Å². The third kappa shape index (κ3) is 4.17. The Balaban J connectivity index is 1.62. The van der Waals surface area contributed by atoms with Gasteiger partial charge in [0.1, 0.15) is 11.6 Å². The summed E-state index contributed by atoms with van der Waals surface area (Å²) in [6, 6.07) is 3.38. The van der Waals surface area contributed by atoms with Crippen molar-refractivity contribution in [3.8, 4) is 0 Å². The minimum atomic E-state index is -1.05. The molecule has 2 fully saturated rings. The number of hydrogen-bond donors (Lipinski definition) is 2. The number of nitrogens with zero attached hydrogens (tertiary/aromatic N) is 1. The molecule has 0 saturated carbocycles. The summed E-state index contributed by atoms with van der Waals surface area (Å²) in [7, 11) is 0. The van der Waals surface area contributed by atoms with Crippen molar-refractivity contribution in [1.29, 1.82) is 0 Å². The number of halogens is 2. The van der Waals surface area contributed by atoms with E-state index in [-0.39, 0.29) is 24.5 Å². The van der Waals surface area contributed by atoms with Crippen LogP contribution in [0, 0.1) is 11.6 Å². The number of fused-ring (bicyclic) bond motifs is 2. The van der Waals surface area contributed by atoms with Crippen LogP contribution in [0.1, 0.15) is 57.4 Å². The number of piperidine rings is 1. The second-order valence-electron chi connectivity index (χ2n) is 7.78. The van der Waals surface area contributed by atoms with Crippen LogP contribution in [0.5, 0.6) is 0 Å². The molecular weight excluding hydrogens is 338 g/mol. The third-order valence-corrected chi connectivity index (χ3v) is 5.68. The number of rotatable bonds is 6. The van der Waals surface area contributed by atoms with E-state index in [4.69, 9.17) is 0 Å². The number of benzene rings is 1. The van der Waals surface area contributed by atoms with E-state index in [1.165, 1.54) is 12.1 Å². The highest BCUT2D eigenvalue weighted by Gasteiger charge is 2.49. The Morgan fingerprint density at radius 1 is 1.27 bits per heavy atom. The Labute approximate surface area is 153 Å². The van der Waals surface area contributed by atoms with Gasteiger partial charge in [0, 0.05) is 31.1 Å². The van der Waals surface area contributed by atoms with E-state index in [9.17, 15) is 18.7 Å². The maximum Gasteiger partial charge on any atom is 0.317 e. The van der Waals surface area contributed by atoms with Gasteiger partial charge in [0.2, 0.25) is 0 Å². The van der Waals surface area contributed by atoms with E-state index in [0.29, 0.717) is 24.9 Å². The first-order valence-electron chi connectivity index (χ1n) is 9.64. The lowest BCUT2D eigenvalue weighted by atomic mass is 9.81. The van der Waals surface area contributed by atoms with Crippen LogP contribution in [0.2, 0.25) is 0 Å². The molecule has 26 heavy (non-hydrogen) atoms. The summed E-state index contributed by atoms with van der Waals surface area (Å²) in [6.45, 7) is 2.80. The standard InChI is InChI=1S/C20H28F2N2O2/c1-2-3-4-9-23-19(25)24-16-7-8-17(24)13-20(26,12-16)11-14-5-6-15(21)10-18(14)22/h5-6,10,16-17,26H,2-4,7-9,11-13H2,1H3,(H,23,25)/t16-,17-/m0/s1. The van der Waals surface area contributed by atoms with Crippen molar-refractivity contribution < 1.29 is 18.7 Å². The van der Waals surface area contributed by atoms with Crippen molar-refractivity contribution in [2.75, 3.05) is 6.54 Å². The van der Waals surface area contributed by atoms with E-state index < -0.39 is 17.2 Å². The fourth-order valence-electron chi connectivity index (χ4n) is 4.48. The lowest BCUT2D eigenvalue weighted by Crippen LogP contribution is -2.56. The summed E-state index contributed by atoms with van der Waals surface area (Å²) < 4.78 is 27.1. The average Bonchev–Trinajstić information content (AvgIpc) is 2.87. The Bertz CT molecular complexity index is 639. The number of amides is 2. The van der Waals surface area contributed by atoms with Crippen molar-refractivity contribution in [2.24, 2.45) is 0 Å². The molecule has 0 radical (unpaired) electrons. The number of unbranched alkanes of at least 4 members (excludes halogenated alkanes) is 2. The first-order chi connectivity index (χ1) is 12.4. The molecule has 2 N–H and O–H groups in total. The summed E-state index contributed by atoms with van der Waals surface area (Å²) in [5.74, 6) is -1.24. The van der Waals surface area contributed by atoms with Crippen LogP contribution < -0.4 is 5.32 Å². The van der Waals surface area contributed by atoms with Crippen LogP contribution in [-0.2, 0) is 6.42 Å². The van der Waals surface area contributed by atoms with Gasteiger partial charge in [0.15, 0.2) is 0 Å². The lowest BCUT2D eigenvalue weighted by molar-refractivity contribution is -0.0386. The van der Waals surface area contributed by atoms with Gasteiger partial charge in [-0.1, -0.05) is 25.8 Å². The van der Waals surface area contributed by atoms with Gasteiger partial charge in [0.25, 0.3) is 0 Å². The largest absolute Gasteiger partial charge is 0.389 e. The number of nitrogens with one attached hydrogen (secondary N) is 1. The number of urea groups is 1. The SMILES string of the molecule is CCCCCNC(=O)N1[C@H]2CC[C@H]1CC(O)(Cc1ccc(F)cc1F)C2. The van der Waals surface area contributed by atoms with Gasteiger partial charge in [-0.15, -0.1) is 0 Å². The second-order valence-corrected chi connectivity index (χ2v) is 7.78. The van der Waals surface area contributed by atoms with E-state index >= 15 is 0 Å². The molecule has 3 rings (SSSR count). The van der Waals surface area contributed by atoms with Crippen LogP contribution in [0.15, 0.2) is 18.2 Å². The minimum Gasteiger partial charge on any atom is -0.389 e. The van der Waals surface area contributed by atoms with Crippen molar-refractivity contribution in [3.05, 3.63) is 35.4 Å². The van der Waals surface area contributed by atoms with Crippen LogP contribution in [0.4, 0.5) is 13.6 Å². The molecule has 1 aromatic carbocycles. The normalized spacial score (nSPS) is 27.6. The van der Waals surface area contributed by atoms with Crippen LogP contribution in [0.25, 0.3) is 0 Å². The Morgan fingerprint density at radius 3 is 2.58 bits per heavy atom. The highest BCUT2D eigenvalue weighted by Crippen LogP contribution is 2.42. The van der Waals surface area contributed by atoms with E-state index in [1.807, 2.05) is 4.90 Å². The van der Waals surface area contributed by atoms with Gasteiger partial charge in [0.05, 0.1) is 5.60 Å². The Kier molecular flexibility index (Phi) is 5.80. The molecule has 0 spiro atoms. The number of carbonyl (C=O) groups excluding carboxylic acids is 1. The predicted octanol–water partition coefficient (Wildman–Crippen LogP) is 3.77. The van der Waals surface area contributed by atoms with Crippen molar-refractivity contribution in [3.63, 3.8) is 0 Å². The molecule has 0 aromatic heterocycles.